The predicted octanol–water partition coefficient (Wildman–Crippen LogP) is 2.42. The van der Waals surface area contributed by atoms with Crippen LogP contribution in [0.15, 0.2) is 24.3 Å². The molecule has 1 fully saturated rings. The van der Waals surface area contributed by atoms with Crippen molar-refractivity contribution in [1.29, 1.82) is 0 Å². The molecule has 0 aliphatic carbocycles. The van der Waals surface area contributed by atoms with E-state index in [2.05, 4.69) is 4.98 Å². The zero-order valence-electron chi connectivity index (χ0n) is 10.1. The topological polar surface area (TPSA) is 68.4 Å². The van der Waals surface area contributed by atoms with Gasteiger partial charge in [0.2, 0.25) is 0 Å². The fourth-order valence-corrected chi connectivity index (χ4v) is 2.46. The van der Waals surface area contributed by atoms with Gasteiger partial charge in [0.1, 0.15) is 5.75 Å². The monoisotopic (exact) mass is 244 g/mol. The van der Waals surface area contributed by atoms with E-state index >= 15 is 0 Å². The summed E-state index contributed by atoms with van der Waals surface area (Å²) in [5.41, 5.74) is 8.01. The normalized spacial score (nSPS) is 20.1. The number of nitrogen functional groups attached to an aromatic ring is 1. The van der Waals surface area contributed by atoms with Crippen molar-refractivity contribution in [3.05, 3.63) is 30.0 Å². The standard InChI is InChI=1S/C14H16N2O2/c15-11-3-4-12-10(6-11)7-13(17)14(16-12)9-2-1-5-18-8-9/h3-4,6-7,9,17H,1-2,5,8,15H2. The molecule has 94 valence electrons. The Bertz CT molecular complexity index is 577. The fraction of sp³-hybridized carbons (Fsp3) is 0.357. The maximum atomic E-state index is 10.1. The third-order valence-corrected chi connectivity index (χ3v) is 3.39. The van der Waals surface area contributed by atoms with Crippen LogP contribution in [0.25, 0.3) is 10.9 Å². The van der Waals surface area contributed by atoms with Crippen molar-refractivity contribution < 1.29 is 9.84 Å². The van der Waals surface area contributed by atoms with Gasteiger partial charge in [0, 0.05) is 23.6 Å². The summed E-state index contributed by atoms with van der Waals surface area (Å²) in [5.74, 6) is 0.435. The fourth-order valence-electron chi connectivity index (χ4n) is 2.46. The SMILES string of the molecule is Nc1ccc2nc(C3CCCOC3)c(O)cc2c1. The van der Waals surface area contributed by atoms with Crippen LogP contribution in [0.2, 0.25) is 0 Å². The molecule has 0 radical (unpaired) electrons. The summed E-state index contributed by atoms with van der Waals surface area (Å²) >= 11 is 0. The number of benzene rings is 1. The number of nitrogens with zero attached hydrogens (tertiary/aromatic N) is 1. The van der Waals surface area contributed by atoms with Crippen LogP contribution in [-0.2, 0) is 4.74 Å². The number of rotatable bonds is 1. The molecule has 0 saturated carbocycles. The summed E-state index contributed by atoms with van der Waals surface area (Å²) in [5, 5.41) is 11.0. The van der Waals surface area contributed by atoms with E-state index in [0.29, 0.717) is 12.3 Å². The number of pyridine rings is 1. The lowest BCUT2D eigenvalue weighted by Gasteiger charge is -2.22. The molecule has 1 aliphatic heterocycles. The van der Waals surface area contributed by atoms with Gasteiger partial charge in [0.25, 0.3) is 0 Å². The number of aromatic nitrogens is 1. The second-order valence-corrected chi connectivity index (χ2v) is 4.76. The Kier molecular flexibility index (Phi) is 2.80. The number of fused-ring (bicyclic) bond motifs is 1. The van der Waals surface area contributed by atoms with Gasteiger partial charge >= 0.3 is 0 Å². The summed E-state index contributed by atoms with van der Waals surface area (Å²) in [4.78, 5) is 4.55. The molecule has 3 N–H and O–H groups in total. The molecule has 2 aromatic rings. The van der Waals surface area contributed by atoms with Crippen molar-refractivity contribution in [3.63, 3.8) is 0 Å². The Labute approximate surface area is 105 Å². The van der Waals surface area contributed by atoms with E-state index in [1.807, 2.05) is 18.2 Å². The number of nitrogens with two attached hydrogens (primary N) is 1. The first-order chi connectivity index (χ1) is 8.74. The van der Waals surface area contributed by atoms with Crippen LogP contribution in [0, 0.1) is 0 Å². The second-order valence-electron chi connectivity index (χ2n) is 4.76. The van der Waals surface area contributed by atoms with Gasteiger partial charge in [-0.2, -0.15) is 0 Å². The quantitative estimate of drug-likeness (QED) is 0.756. The van der Waals surface area contributed by atoms with Crippen molar-refractivity contribution in [1.82, 2.24) is 4.98 Å². The van der Waals surface area contributed by atoms with E-state index in [0.717, 1.165) is 36.0 Å². The van der Waals surface area contributed by atoms with Crippen molar-refractivity contribution in [2.24, 2.45) is 0 Å². The van der Waals surface area contributed by atoms with Crippen molar-refractivity contribution in [2.45, 2.75) is 18.8 Å². The highest BCUT2D eigenvalue weighted by Crippen LogP contribution is 2.32. The Morgan fingerprint density at radius 3 is 3.00 bits per heavy atom. The molecule has 1 saturated heterocycles. The highest BCUT2D eigenvalue weighted by atomic mass is 16.5. The summed E-state index contributed by atoms with van der Waals surface area (Å²) in [7, 11) is 0. The zero-order chi connectivity index (χ0) is 12.5. The van der Waals surface area contributed by atoms with E-state index in [4.69, 9.17) is 10.5 Å². The number of ether oxygens (including phenoxy) is 1. The number of anilines is 1. The van der Waals surface area contributed by atoms with Gasteiger partial charge in [-0.25, -0.2) is 4.98 Å². The van der Waals surface area contributed by atoms with E-state index in [9.17, 15) is 5.11 Å². The van der Waals surface area contributed by atoms with Crippen LogP contribution < -0.4 is 5.73 Å². The van der Waals surface area contributed by atoms with Crippen LogP contribution in [0.3, 0.4) is 0 Å². The smallest absolute Gasteiger partial charge is 0.138 e. The van der Waals surface area contributed by atoms with E-state index < -0.39 is 0 Å². The molecule has 1 aliphatic rings. The third kappa shape index (κ3) is 1.99. The molecule has 4 nitrogen and oxygen atoms in total. The van der Waals surface area contributed by atoms with Gasteiger partial charge in [-0.05, 0) is 37.1 Å². The molecule has 0 amide bonds. The van der Waals surface area contributed by atoms with Crippen LogP contribution in [0.1, 0.15) is 24.5 Å². The molecule has 2 heterocycles. The summed E-state index contributed by atoms with van der Waals surface area (Å²) in [6.07, 6.45) is 2.03. The Morgan fingerprint density at radius 2 is 2.22 bits per heavy atom. The predicted molar refractivity (Wildman–Crippen MR) is 70.6 cm³/mol. The lowest BCUT2D eigenvalue weighted by Crippen LogP contribution is -2.16. The second kappa shape index (κ2) is 4.46. The third-order valence-electron chi connectivity index (χ3n) is 3.39. The van der Waals surface area contributed by atoms with Crippen LogP contribution in [-0.4, -0.2) is 23.3 Å². The molecule has 4 heteroatoms. The van der Waals surface area contributed by atoms with Crippen molar-refractivity contribution in [2.75, 3.05) is 18.9 Å². The molecule has 1 aromatic heterocycles. The van der Waals surface area contributed by atoms with E-state index in [1.165, 1.54) is 0 Å². The minimum absolute atomic E-state index is 0.195. The summed E-state index contributed by atoms with van der Waals surface area (Å²) in [6, 6.07) is 7.27. The molecule has 1 aromatic carbocycles. The average molecular weight is 244 g/mol. The number of hydrogen-bond donors (Lipinski definition) is 2. The molecule has 1 unspecified atom stereocenters. The first kappa shape index (κ1) is 11.3. The van der Waals surface area contributed by atoms with Crippen molar-refractivity contribution >= 4 is 16.6 Å². The number of aromatic hydroxyl groups is 1. The molecule has 0 bridgehead atoms. The van der Waals surface area contributed by atoms with Crippen molar-refractivity contribution in [3.8, 4) is 5.75 Å². The summed E-state index contributed by atoms with van der Waals surface area (Å²) in [6.45, 7) is 1.45. The average Bonchev–Trinajstić information content (AvgIpc) is 2.39. The lowest BCUT2D eigenvalue weighted by atomic mass is 9.96. The number of hydrogen-bond acceptors (Lipinski definition) is 4. The molecule has 3 rings (SSSR count). The highest BCUT2D eigenvalue weighted by Gasteiger charge is 2.21. The first-order valence-electron chi connectivity index (χ1n) is 6.21. The van der Waals surface area contributed by atoms with E-state index in [-0.39, 0.29) is 11.7 Å². The van der Waals surface area contributed by atoms with Crippen LogP contribution in [0.4, 0.5) is 5.69 Å². The van der Waals surface area contributed by atoms with Gasteiger partial charge in [0.05, 0.1) is 17.8 Å². The molecule has 0 spiro atoms. The van der Waals surface area contributed by atoms with Gasteiger partial charge in [-0.3, -0.25) is 0 Å². The summed E-state index contributed by atoms with van der Waals surface area (Å²) < 4.78 is 5.45. The Balaban J connectivity index is 2.06. The largest absolute Gasteiger partial charge is 0.506 e. The molecular formula is C14H16N2O2. The molecule has 18 heavy (non-hydrogen) atoms. The highest BCUT2D eigenvalue weighted by molar-refractivity contribution is 5.83. The van der Waals surface area contributed by atoms with Gasteiger partial charge in [-0.1, -0.05) is 0 Å². The molecule has 1 atom stereocenters. The zero-order valence-corrected chi connectivity index (χ0v) is 10.1. The van der Waals surface area contributed by atoms with Crippen LogP contribution in [0.5, 0.6) is 5.75 Å². The first-order valence-corrected chi connectivity index (χ1v) is 6.21. The Hall–Kier alpha value is -1.81. The van der Waals surface area contributed by atoms with Gasteiger partial charge in [-0.15, -0.1) is 0 Å². The lowest BCUT2D eigenvalue weighted by molar-refractivity contribution is 0.0786. The maximum absolute atomic E-state index is 10.1. The van der Waals surface area contributed by atoms with Crippen LogP contribution >= 0.6 is 0 Å². The molecular weight excluding hydrogens is 228 g/mol. The minimum atomic E-state index is 0.195. The maximum Gasteiger partial charge on any atom is 0.138 e. The van der Waals surface area contributed by atoms with Gasteiger partial charge < -0.3 is 15.6 Å². The van der Waals surface area contributed by atoms with E-state index in [1.54, 1.807) is 6.07 Å². The van der Waals surface area contributed by atoms with Gasteiger partial charge in [0.15, 0.2) is 0 Å². The Morgan fingerprint density at radius 1 is 1.33 bits per heavy atom. The minimum Gasteiger partial charge on any atom is -0.506 e.